The van der Waals surface area contributed by atoms with Gasteiger partial charge in [0.25, 0.3) is 5.91 Å². The van der Waals surface area contributed by atoms with Gasteiger partial charge in [-0.15, -0.1) is 0 Å². The van der Waals surface area contributed by atoms with Gasteiger partial charge in [0.2, 0.25) is 0 Å². The quantitative estimate of drug-likeness (QED) is 0.674. The summed E-state index contributed by atoms with van der Waals surface area (Å²) in [6, 6.07) is 13.9. The molecule has 0 bridgehead atoms. The van der Waals surface area contributed by atoms with Gasteiger partial charge in [-0.2, -0.15) is 23.5 Å². The van der Waals surface area contributed by atoms with Gasteiger partial charge in [-0.1, -0.05) is 23.7 Å². The molecule has 0 aliphatic rings. The summed E-state index contributed by atoms with van der Waals surface area (Å²) in [4.78, 5) is 12.5. The molecule has 1 heterocycles. The van der Waals surface area contributed by atoms with Crippen molar-refractivity contribution in [3.8, 4) is 11.8 Å². The lowest BCUT2D eigenvalue weighted by Gasteiger charge is -2.13. The Bertz CT molecular complexity index is 1050. The van der Waals surface area contributed by atoms with E-state index in [4.69, 9.17) is 16.9 Å². The van der Waals surface area contributed by atoms with E-state index < -0.39 is 23.3 Å². The molecule has 28 heavy (non-hydrogen) atoms. The van der Waals surface area contributed by atoms with E-state index in [1.54, 1.807) is 12.1 Å². The molecule has 3 aromatic rings. The van der Waals surface area contributed by atoms with Crippen LogP contribution in [0.2, 0.25) is 5.02 Å². The molecular weight excluding hydrogens is 393 g/mol. The largest absolute Gasteiger partial charge is 0.434 e. The summed E-state index contributed by atoms with van der Waals surface area (Å²) in [5.74, 6) is -0.957. The Morgan fingerprint density at radius 3 is 2.57 bits per heavy atom. The number of amides is 1. The third kappa shape index (κ3) is 4.15. The third-order valence-corrected chi connectivity index (χ3v) is 4.07. The van der Waals surface area contributed by atoms with E-state index in [-0.39, 0.29) is 17.8 Å². The number of anilines is 1. The van der Waals surface area contributed by atoms with Crippen molar-refractivity contribution in [2.75, 3.05) is 5.32 Å². The molecule has 0 fully saturated rings. The Hall–Kier alpha value is -3.31. The highest BCUT2D eigenvalue weighted by Crippen LogP contribution is 2.34. The summed E-state index contributed by atoms with van der Waals surface area (Å²) >= 11 is 5.77. The molecule has 0 spiro atoms. The van der Waals surface area contributed by atoms with Crippen LogP contribution in [0.1, 0.15) is 21.6 Å². The fourth-order valence-corrected chi connectivity index (χ4v) is 2.74. The predicted octanol–water partition coefficient (Wildman–Crippen LogP) is 4.86. The molecule has 1 N–H and O–H groups in total. The van der Waals surface area contributed by atoms with E-state index in [1.807, 2.05) is 6.07 Å². The van der Waals surface area contributed by atoms with Crippen LogP contribution in [0.4, 0.5) is 18.9 Å². The zero-order valence-corrected chi connectivity index (χ0v) is 14.9. The van der Waals surface area contributed by atoms with Gasteiger partial charge >= 0.3 is 6.18 Å². The lowest BCUT2D eigenvalue weighted by atomic mass is 10.1. The van der Waals surface area contributed by atoms with Crippen LogP contribution in [0.3, 0.4) is 0 Å². The Kier molecular flexibility index (Phi) is 5.38. The number of carbonyl (C=O) groups excluding carboxylic acids is 1. The van der Waals surface area contributed by atoms with Crippen LogP contribution in [0, 0.1) is 11.3 Å². The minimum Gasteiger partial charge on any atom is -0.322 e. The highest BCUT2D eigenvalue weighted by molar-refractivity contribution is 6.30. The van der Waals surface area contributed by atoms with Gasteiger partial charge in [-0.05, 0) is 42.0 Å². The summed E-state index contributed by atoms with van der Waals surface area (Å²) in [5, 5.41) is 15.3. The Morgan fingerprint density at radius 2 is 1.93 bits per heavy atom. The first kappa shape index (κ1) is 19.5. The molecule has 1 aromatic heterocycles. The normalized spacial score (nSPS) is 11.1. The minimum atomic E-state index is -4.81. The first-order valence-electron chi connectivity index (χ1n) is 7.98. The van der Waals surface area contributed by atoms with Crippen molar-refractivity contribution >= 4 is 23.2 Å². The number of benzene rings is 2. The van der Waals surface area contributed by atoms with Crippen LogP contribution in [-0.4, -0.2) is 15.7 Å². The van der Waals surface area contributed by atoms with E-state index in [9.17, 15) is 18.0 Å². The fraction of sp³-hybridized carbons (Fsp3) is 0.105. The van der Waals surface area contributed by atoms with Crippen molar-refractivity contribution in [1.29, 1.82) is 5.26 Å². The molecule has 0 aliphatic carbocycles. The second-order valence-electron chi connectivity index (χ2n) is 5.78. The van der Waals surface area contributed by atoms with E-state index >= 15 is 0 Å². The number of nitrogens with one attached hydrogen (secondary N) is 1. The number of nitriles is 1. The van der Waals surface area contributed by atoms with Gasteiger partial charge in [0.05, 0.1) is 29.9 Å². The predicted molar refractivity (Wildman–Crippen MR) is 97.3 cm³/mol. The van der Waals surface area contributed by atoms with Crippen molar-refractivity contribution in [1.82, 2.24) is 9.78 Å². The molecule has 1 amide bonds. The van der Waals surface area contributed by atoms with Crippen LogP contribution in [-0.2, 0) is 12.6 Å². The van der Waals surface area contributed by atoms with Crippen LogP contribution >= 0.6 is 11.6 Å². The SMILES string of the molecule is N#CCc1cccc(NC(=O)c2cnn(-c3ccc(Cl)cc3)c2C(F)(F)F)c1. The third-order valence-electron chi connectivity index (χ3n) is 3.82. The lowest BCUT2D eigenvalue weighted by molar-refractivity contribution is -0.143. The van der Waals surface area contributed by atoms with Crippen LogP contribution in [0.15, 0.2) is 54.7 Å². The van der Waals surface area contributed by atoms with Gasteiger partial charge in [0.1, 0.15) is 0 Å². The molecule has 142 valence electrons. The maximum atomic E-state index is 13.7. The molecule has 0 radical (unpaired) electrons. The molecule has 5 nitrogen and oxygen atoms in total. The summed E-state index contributed by atoms with van der Waals surface area (Å²) in [6.07, 6.45) is -3.83. The highest BCUT2D eigenvalue weighted by atomic mass is 35.5. The van der Waals surface area contributed by atoms with E-state index in [0.717, 1.165) is 6.20 Å². The fourth-order valence-electron chi connectivity index (χ4n) is 2.61. The van der Waals surface area contributed by atoms with Crippen molar-refractivity contribution in [2.24, 2.45) is 0 Å². The maximum absolute atomic E-state index is 13.7. The van der Waals surface area contributed by atoms with Crippen molar-refractivity contribution in [3.63, 3.8) is 0 Å². The first-order valence-corrected chi connectivity index (χ1v) is 8.36. The van der Waals surface area contributed by atoms with Gasteiger partial charge in [-0.25, -0.2) is 4.68 Å². The molecule has 3 rings (SSSR count). The maximum Gasteiger partial charge on any atom is 0.434 e. The van der Waals surface area contributed by atoms with Crippen molar-refractivity contribution in [2.45, 2.75) is 12.6 Å². The Morgan fingerprint density at radius 1 is 1.21 bits per heavy atom. The summed E-state index contributed by atoms with van der Waals surface area (Å²) in [5.41, 5.74) is -0.779. The molecule has 2 aromatic carbocycles. The number of nitrogens with zero attached hydrogens (tertiary/aromatic N) is 3. The molecule has 0 unspecified atom stereocenters. The second-order valence-corrected chi connectivity index (χ2v) is 6.22. The number of aromatic nitrogens is 2. The average molecular weight is 405 g/mol. The minimum absolute atomic E-state index is 0.117. The standard InChI is InChI=1S/C19H12ClF3N4O/c20-13-4-6-15(7-5-13)27-17(19(21,22)23)16(11-25-27)18(28)26-14-3-1-2-12(10-14)8-9-24/h1-7,10-11H,8H2,(H,26,28). The molecule has 9 heteroatoms. The number of halogens is 4. The highest BCUT2D eigenvalue weighted by Gasteiger charge is 2.40. The summed E-state index contributed by atoms with van der Waals surface area (Å²) in [6.45, 7) is 0. The zero-order chi connectivity index (χ0) is 20.3. The van der Waals surface area contributed by atoms with Gasteiger partial charge in [-0.3, -0.25) is 4.79 Å². The van der Waals surface area contributed by atoms with Gasteiger partial charge < -0.3 is 5.32 Å². The summed E-state index contributed by atoms with van der Waals surface area (Å²) < 4.78 is 41.7. The molecule has 0 atom stereocenters. The number of hydrogen-bond acceptors (Lipinski definition) is 3. The second kappa shape index (κ2) is 7.74. The van der Waals surface area contributed by atoms with Crippen molar-refractivity contribution in [3.05, 3.63) is 76.6 Å². The van der Waals surface area contributed by atoms with E-state index in [2.05, 4.69) is 10.4 Å². The van der Waals surface area contributed by atoms with E-state index in [1.165, 1.54) is 36.4 Å². The van der Waals surface area contributed by atoms with Crippen LogP contribution in [0.5, 0.6) is 0 Å². The average Bonchev–Trinajstić information content (AvgIpc) is 3.09. The molecule has 0 aliphatic heterocycles. The Labute approximate surface area is 163 Å². The number of rotatable bonds is 4. The van der Waals surface area contributed by atoms with Gasteiger partial charge in [0, 0.05) is 10.7 Å². The topological polar surface area (TPSA) is 70.7 Å². The van der Waals surface area contributed by atoms with Gasteiger partial charge in [0.15, 0.2) is 5.69 Å². The van der Waals surface area contributed by atoms with Crippen LogP contribution in [0.25, 0.3) is 5.69 Å². The number of hydrogen-bond donors (Lipinski definition) is 1. The smallest absolute Gasteiger partial charge is 0.322 e. The Balaban J connectivity index is 1.98. The monoisotopic (exact) mass is 404 g/mol. The van der Waals surface area contributed by atoms with Crippen molar-refractivity contribution < 1.29 is 18.0 Å². The molecular formula is C19H12ClF3N4O. The zero-order valence-electron chi connectivity index (χ0n) is 14.2. The van der Waals surface area contributed by atoms with E-state index in [0.29, 0.717) is 15.3 Å². The molecule has 0 saturated carbocycles. The number of carbonyl (C=O) groups is 1. The molecule has 0 saturated heterocycles. The first-order chi connectivity index (χ1) is 13.3. The number of alkyl halides is 3. The van der Waals surface area contributed by atoms with Crippen LogP contribution < -0.4 is 5.32 Å². The lowest BCUT2D eigenvalue weighted by Crippen LogP contribution is -2.20. The summed E-state index contributed by atoms with van der Waals surface area (Å²) in [7, 11) is 0.